The molecule has 6 heteroatoms. The Morgan fingerprint density at radius 3 is 2.57 bits per heavy atom. The summed E-state index contributed by atoms with van der Waals surface area (Å²) < 4.78 is 15.1. The highest BCUT2D eigenvalue weighted by atomic mass is 19.1. The second kappa shape index (κ2) is 5.54. The number of pyridine rings is 1. The third-order valence-electron chi connectivity index (χ3n) is 2.90. The first-order valence-corrected chi connectivity index (χ1v) is 6.26. The van der Waals surface area contributed by atoms with Crippen LogP contribution in [0.25, 0.3) is 5.69 Å². The fourth-order valence-corrected chi connectivity index (χ4v) is 1.87. The van der Waals surface area contributed by atoms with E-state index in [0.29, 0.717) is 5.69 Å². The van der Waals surface area contributed by atoms with E-state index >= 15 is 0 Å². The Bertz CT molecular complexity index is 754. The summed E-state index contributed by atoms with van der Waals surface area (Å²) in [6.07, 6.45) is 4.80. The largest absolute Gasteiger partial charge is 0.322 e. The Balaban J connectivity index is 1.77. The van der Waals surface area contributed by atoms with E-state index in [1.54, 1.807) is 23.0 Å². The van der Waals surface area contributed by atoms with Crippen LogP contribution in [0.5, 0.6) is 0 Å². The van der Waals surface area contributed by atoms with E-state index in [2.05, 4.69) is 15.4 Å². The van der Waals surface area contributed by atoms with Crippen molar-refractivity contribution >= 4 is 11.6 Å². The number of hydrogen-bond acceptors (Lipinski definition) is 3. The molecule has 0 aliphatic carbocycles. The molecule has 3 rings (SSSR count). The van der Waals surface area contributed by atoms with Crippen molar-refractivity contribution in [3.63, 3.8) is 0 Å². The molecule has 5 nitrogen and oxygen atoms in total. The first-order valence-electron chi connectivity index (χ1n) is 6.26. The van der Waals surface area contributed by atoms with Gasteiger partial charge in [-0.15, -0.1) is 0 Å². The van der Waals surface area contributed by atoms with E-state index in [1.807, 2.05) is 24.4 Å². The van der Waals surface area contributed by atoms with Gasteiger partial charge in [0.25, 0.3) is 5.91 Å². The molecule has 0 unspecified atom stereocenters. The minimum absolute atomic E-state index is 0.0892. The second-order valence-electron chi connectivity index (χ2n) is 4.29. The first kappa shape index (κ1) is 13.0. The number of hydrogen-bond donors (Lipinski definition) is 1. The SMILES string of the molecule is O=C(Nc1ccc(-n2cccn2)cc1)c1cccnc1F. The highest BCUT2D eigenvalue weighted by Gasteiger charge is 2.12. The van der Waals surface area contributed by atoms with Crippen LogP contribution in [0.1, 0.15) is 10.4 Å². The molecular formula is C15H11FN4O. The zero-order valence-corrected chi connectivity index (χ0v) is 10.9. The van der Waals surface area contributed by atoms with E-state index in [0.717, 1.165) is 5.69 Å². The van der Waals surface area contributed by atoms with Gasteiger partial charge in [0.2, 0.25) is 5.95 Å². The van der Waals surface area contributed by atoms with Gasteiger partial charge in [-0.25, -0.2) is 9.67 Å². The van der Waals surface area contributed by atoms with Crippen molar-refractivity contribution in [1.82, 2.24) is 14.8 Å². The molecule has 104 valence electrons. The number of carbonyl (C=O) groups excluding carboxylic acids is 1. The van der Waals surface area contributed by atoms with Crippen molar-refractivity contribution in [2.24, 2.45) is 0 Å². The Morgan fingerprint density at radius 2 is 1.90 bits per heavy atom. The molecule has 0 radical (unpaired) electrons. The molecule has 0 spiro atoms. The van der Waals surface area contributed by atoms with Gasteiger partial charge < -0.3 is 5.32 Å². The fourth-order valence-electron chi connectivity index (χ4n) is 1.87. The third kappa shape index (κ3) is 2.79. The zero-order valence-electron chi connectivity index (χ0n) is 10.9. The molecule has 1 amide bonds. The molecule has 1 aromatic carbocycles. The number of nitrogens with one attached hydrogen (secondary N) is 1. The number of benzene rings is 1. The van der Waals surface area contributed by atoms with Gasteiger partial charge >= 0.3 is 0 Å². The van der Waals surface area contributed by atoms with Crippen molar-refractivity contribution in [3.8, 4) is 5.69 Å². The number of halogens is 1. The molecule has 0 saturated carbocycles. The van der Waals surface area contributed by atoms with Crippen molar-refractivity contribution in [3.05, 3.63) is 72.6 Å². The van der Waals surface area contributed by atoms with Crippen LogP contribution in [0.4, 0.5) is 10.1 Å². The summed E-state index contributed by atoms with van der Waals surface area (Å²) in [5.41, 5.74) is 1.35. The first-order chi connectivity index (χ1) is 10.2. The fraction of sp³-hybridized carbons (Fsp3) is 0. The summed E-state index contributed by atoms with van der Waals surface area (Å²) in [6, 6.07) is 11.8. The number of anilines is 1. The van der Waals surface area contributed by atoms with Gasteiger partial charge in [-0.2, -0.15) is 9.49 Å². The Labute approximate surface area is 120 Å². The number of aromatic nitrogens is 3. The molecule has 0 atom stereocenters. The number of amides is 1. The van der Waals surface area contributed by atoms with E-state index in [4.69, 9.17) is 0 Å². The van der Waals surface area contributed by atoms with E-state index in [9.17, 15) is 9.18 Å². The average Bonchev–Trinajstić information content (AvgIpc) is 3.02. The highest BCUT2D eigenvalue weighted by molar-refractivity contribution is 6.04. The second-order valence-corrected chi connectivity index (χ2v) is 4.29. The normalized spacial score (nSPS) is 10.3. The van der Waals surface area contributed by atoms with Crippen LogP contribution in [0.2, 0.25) is 0 Å². The number of carbonyl (C=O) groups is 1. The van der Waals surface area contributed by atoms with Crippen molar-refractivity contribution in [2.75, 3.05) is 5.32 Å². The molecule has 0 bridgehead atoms. The standard InChI is InChI=1S/C15H11FN4O/c16-14-13(3-1-8-17-14)15(21)19-11-4-6-12(7-5-11)20-10-2-9-18-20/h1-10H,(H,19,21). The van der Waals surface area contributed by atoms with Crippen LogP contribution < -0.4 is 5.32 Å². The minimum atomic E-state index is -0.789. The summed E-state index contributed by atoms with van der Waals surface area (Å²) in [5.74, 6) is -1.32. The maximum Gasteiger partial charge on any atom is 0.260 e. The van der Waals surface area contributed by atoms with Crippen LogP contribution in [0.3, 0.4) is 0 Å². The van der Waals surface area contributed by atoms with Crippen LogP contribution in [-0.4, -0.2) is 20.7 Å². The van der Waals surface area contributed by atoms with Crippen molar-refractivity contribution in [1.29, 1.82) is 0 Å². The number of rotatable bonds is 3. The topological polar surface area (TPSA) is 59.8 Å². The molecule has 2 heterocycles. The number of nitrogens with zero attached hydrogens (tertiary/aromatic N) is 3. The summed E-state index contributed by atoms with van der Waals surface area (Å²) in [6.45, 7) is 0. The molecule has 0 aliphatic heterocycles. The van der Waals surface area contributed by atoms with E-state index < -0.39 is 11.9 Å². The lowest BCUT2D eigenvalue weighted by Gasteiger charge is -2.07. The van der Waals surface area contributed by atoms with Crippen LogP contribution in [0, 0.1) is 5.95 Å². The molecule has 0 saturated heterocycles. The lowest BCUT2D eigenvalue weighted by molar-refractivity contribution is 0.102. The van der Waals surface area contributed by atoms with Gasteiger partial charge in [0.1, 0.15) is 0 Å². The van der Waals surface area contributed by atoms with Crippen molar-refractivity contribution < 1.29 is 9.18 Å². The zero-order chi connectivity index (χ0) is 14.7. The van der Waals surface area contributed by atoms with Gasteiger partial charge in [-0.1, -0.05) is 0 Å². The predicted octanol–water partition coefficient (Wildman–Crippen LogP) is 2.66. The van der Waals surface area contributed by atoms with Gasteiger partial charge in [0.15, 0.2) is 0 Å². The summed E-state index contributed by atoms with van der Waals surface area (Å²) in [4.78, 5) is 15.4. The van der Waals surface area contributed by atoms with Crippen LogP contribution in [0.15, 0.2) is 61.1 Å². The van der Waals surface area contributed by atoms with Gasteiger partial charge in [-0.05, 0) is 42.5 Å². The Hall–Kier alpha value is -3.02. The molecule has 1 N–H and O–H groups in total. The van der Waals surface area contributed by atoms with Gasteiger partial charge in [0.05, 0.1) is 11.3 Å². The average molecular weight is 282 g/mol. The molecule has 2 aromatic heterocycles. The summed E-state index contributed by atoms with van der Waals surface area (Å²) in [5, 5.41) is 6.73. The minimum Gasteiger partial charge on any atom is -0.322 e. The van der Waals surface area contributed by atoms with Gasteiger partial charge in [-0.3, -0.25) is 4.79 Å². The highest BCUT2D eigenvalue weighted by Crippen LogP contribution is 2.14. The maximum atomic E-state index is 13.4. The summed E-state index contributed by atoms with van der Waals surface area (Å²) in [7, 11) is 0. The lowest BCUT2D eigenvalue weighted by atomic mass is 10.2. The quantitative estimate of drug-likeness (QED) is 0.751. The molecule has 0 aliphatic rings. The third-order valence-corrected chi connectivity index (χ3v) is 2.90. The van der Waals surface area contributed by atoms with Crippen LogP contribution in [-0.2, 0) is 0 Å². The van der Waals surface area contributed by atoms with Gasteiger partial charge in [0, 0.05) is 24.3 Å². The van der Waals surface area contributed by atoms with E-state index in [-0.39, 0.29) is 5.56 Å². The maximum absolute atomic E-state index is 13.4. The van der Waals surface area contributed by atoms with Crippen molar-refractivity contribution in [2.45, 2.75) is 0 Å². The molecule has 0 fully saturated rings. The van der Waals surface area contributed by atoms with E-state index in [1.165, 1.54) is 18.3 Å². The van der Waals surface area contributed by atoms with Crippen LogP contribution >= 0.6 is 0 Å². The molecular weight excluding hydrogens is 271 g/mol. The molecule has 21 heavy (non-hydrogen) atoms. The smallest absolute Gasteiger partial charge is 0.260 e. The Kier molecular flexibility index (Phi) is 3.42. The summed E-state index contributed by atoms with van der Waals surface area (Å²) >= 11 is 0. The monoisotopic (exact) mass is 282 g/mol. The predicted molar refractivity (Wildman–Crippen MR) is 75.7 cm³/mol. The molecule has 3 aromatic rings. The Morgan fingerprint density at radius 1 is 1.10 bits per heavy atom. The lowest BCUT2D eigenvalue weighted by Crippen LogP contribution is -2.14.